The van der Waals surface area contributed by atoms with Crippen LogP contribution < -0.4 is 5.32 Å². The first-order valence-corrected chi connectivity index (χ1v) is 8.87. The number of aromatic nitrogens is 1. The van der Waals surface area contributed by atoms with Crippen molar-refractivity contribution in [3.63, 3.8) is 0 Å². The lowest BCUT2D eigenvalue weighted by atomic mass is 9.94. The summed E-state index contributed by atoms with van der Waals surface area (Å²) in [6.45, 7) is 9.42. The van der Waals surface area contributed by atoms with Gasteiger partial charge in [0.1, 0.15) is 5.60 Å². The highest BCUT2D eigenvalue weighted by molar-refractivity contribution is 5.94. The first-order valence-electron chi connectivity index (χ1n) is 8.87. The lowest BCUT2D eigenvalue weighted by Gasteiger charge is -2.28. The van der Waals surface area contributed by atoms with Crippen molar-refractivity contribution in [2.45, 2.75) is 52.2 Å². The number of benzene rings is 1. The zero-order valence-electron chi connectivity index (χ0n) is 16.8. The maximum atomic E-state index is 12.1. The van der Waals surface area contributed by atoms with Crippen LogP contribution in [0.2, 0.25) is 0 Å². The van der Waals surface area contributed by atoms with E-state index in [0.29, 0.717) is 6.42 Å². The van der Waals surface area contributed by atoms with Crippen LogP contribution in [0.5, 0.6) is 0 Å². The van der Waals surface area contributed by atoms with E-state index in [9.17, 15) is 9.59 Å². The summed E-state index contributed by atoms with van der Waals surface area (Å²) in [4.78, 5) is 26.7. The molecule has 0 atom stereocenters. The van der Waals surface area contributed by atoms with Gasteiger partial charge in [0.05, 0.1) is 12.6 Å². The fourth-order valence-corrected chi connectivity index (χ4v) is 2.85. The number of aromatic amines is 1. The number of carbonyl (C=O) groups is 2. The van der Waals surface area contributed by atoms with Gasteiger partial charge in [-0.15, -0.1) is 0 Å². The van der Waals surface area contributed by atoms with Crippen LogP contribution in [-0.4, -0.2) is 35.3 Å². The first-order chi connectivity index (χ1) is 12.5. The quantitative estimate of drug-likeness (QED) is 0.609. The van der Waals surface area contributed by atoms with E-state index in [-0.39, 0.29) is 0 Å². The molecule has 0 aliphatic carbocycles. The molecule has 1 heterocycles. The van der Waals surface area contributed by atoms with Gasteiger partial charge in [-0.3, -0.25) is 0 Å². The molecule has 6 heteroatoms. The summed E-state index contributed by atoms with van der Waals surface area (Å²) in [6.07, 6.45) is 5.23. The van der Waals surface area contributed by atoms with Crippen LogP contribution in [0.3, 0.4) is 0 Å². The van der Waals surface area contributed by atoms with Crippen LogP contribution in [0.1, 0.15) is 45.7 Å². The third-order valence-electron chi connectivity index (χ3n) is 3.91. The Balaban J connectivity index is 2.21. The Morgan fingerprint density at radius 1 is 1.19 bits per heavy atom. The zero-order valence-corrected chi connectivity index (χ0v) is 16.8. The Labute approximate surface area is 159 Å². The molecule has 27 heavy (non-hydrogen) atoms. The molecule has 0 unspecified atom stereocenters. The number of nitrogens with one attached hydrogen (secondary N) is 2. The zero-order chi connectivity index (χ0) is 20.2. The molecule has 0 aliphatic rings. The molecular formula is C21H28N2O4. The van der Waals surface area contributed by atoms with Crippen molar-refractivity contribution in [3.05, 3.63) is 41.6 Å². The normalized spacial score (nSPS) is 12.4. The summed E-state index contributed by atoms with van der Waals surface area (Å²) >= 11 is 0. The van der Waals surface area contributed by atoms with Crippen LogP contribution in [0.15, 0.2) is 30.5 Å². The number of H-pyrrole nitrogens is 1. The highest BCUT2D eigenvalue weighted by Gasteiger charge is 2.26. The van der Waals surface area contributed by atoms with Crippen molar-refractivity contribution >= 4 is 29.0 Å². The maximum Gasteiger partial charge on any atom is 0.408 e. The summed E-state index contributed by atoms with van der Waals surface area (Å²) in [5, 5.41) is 3.97. The number of alkyl carbamates (subject to hydrolysis) is 1. The third kappa shape index (κ3) is 5.88. The van der Waals surface area contributed by atoms with Crippen LogP contribution >= 0.6 is 0 Å². The lowest BCUT2D eigenvalue weighted by molar-refractivity contribution is -0.134. The fraction of sp³-hybridized carbons (Fsp3) is 0.429. The number of rotatable bonds is 5. The van der Waals surface area contributed by atoms with Crippen molar-refractivity contribution in [1.82, 2.24) is 10.3 Å². The van der Waals surface area contributed by atoms with E-state index in [1.54, 1.807) is 6.08 Å². The number of esters is 1. The number of amides is 1. The topological polar surface area (TPSA) is 80.4 Å². The number of para-hydroxylation sites is 1. The molecule has 0 aliphatic heterocycles. The molecule has 6 nitrogen and oxygen atoms in total. The predicted octanol–water partition coefficient (Wildman–Crippen LogP) is 4.20. The molecule has 0 saturated carbocycles. The highest BCUT2D eigenvalue weighted by atomic mass is 16.6. The second kappa shape index (κ2) is 7.86. The van der Waals surface area contributed by atoms with Crippen molar-refractivity contribution in [2.75, 3.05) is 7.11 Å². The molecule has 1 aromatic carbocycles. The molecule has 1 amide bonds. The standard InChI is InChI=1S/C21H28N2O4/c1-20(2,3)27-19(25)23-21(4,5)12-15-13-22-18-14(8-7-9-16(15)18)10-11-17(24)26-6/h7-11,13,22H,12H2,1-6H3,(H,23,25). The number of hydrogen-bond acceptors (Lipinski definition) is 4. The summed E-state index contributed by atoms with van der Waals surface area (Å²) in [6, 6.07) is 5.87. The Hall–Kier alpha value is -2.76. The average molecular weight is 372 g/mol. The predicted molar refractivity (Wildman–Crippen MR) is 107 cm³/mol. The minimum atomic E-state index is -0.540. The molecule has 2 N–H and O–H groups in total. The molecule has 0 fully saturated rings. The number of ether oxygens (including phenoxy) is 2. The first kappa shape index (κ1) is 20.6. The summed E-state index contributed by atoms with van der Waals surface area (Å²) in [5.41, 5.74) is 1.86. The van der Waals surface area contributed by atoms with Gasteiger partial charge in [-0.25, -0.2) is 9.59 Å². The molecule has 0 radical (unpaired) electrons. The van der Waals surface area contributed by atoms with Gasteiger partial charge in [-0.2, -0.15) is 0 Å². The molecule has 0 saturated heterocycles. The molecular weight excluding hydrogens is 344 g/mol. The Morgan fingerprint density at radius 2 is 1.89 bits per heavy atom. The number of carbonyl (C=O) groups excluding carboxylic acids is 2. The van der Waals surface area contributed by atoms with E-state index in [1.807, 2.05) is 59.0 Å². The molecule has 146 valence electrons. The minimum Gasteiger partial charge on any atom is -0.466 e. The molecule has 2 rings (SSSR count). The van der Waals surface area contributed by atoms with E-state index >= 15 is 0 Å². The van der Waals surface area contributed by atoms with E-state index in [4.69, 9.17) is 4.74 Å². The van der Waals surface area contributed by atoms with Crippen LogP contribution in [-0.2, 0) is 20.7 Å². The SMILES string of the molecule is COC(=O)C=Cc1cccc2c(CC(C)(C)NC(=O)OC(C)(C)C)c[nH]c12. The Bertz CT molecular complexity index is 857. The summed E-state index contributed by atoms with van der Waals surface area (Å²) < 4.78 is 9.99. The van der Waals surface area contributed by atoms with Crippen molar-refractivity contribution in [2.24, 2.45) is 0 Å². The smallest absolute Gasteiger partial charge is 0.408 e. The van der Waals surface area contributed by atoms with E-state index in [2.05, 4.69) is 15.0 Å². The summed E-state index contributed by atoms with van der Waals surface area (Å²) in [5.74, 6) is -0.401. The van der Waals surface area contributed by atoms with Crippen molar-refractivity contribution < 1.29 is 19.1 Å². The van der Waals surface area contributed by atoms with Crippen molar-refractivity contribution in [1.29, 1.82) is 0 Å². The van der Waals surface area contributed by atoms with Gasteiger partial charge in [0.25, 0.3) is 0 Å². The number of hydrogen-bond donors (Lipinski definition) is 2. The van der Waals surface area contributed by atoms with Gasteiger partial charge in [-0.1, -0.05) is 18.2 Å². The monoisotopic (exact) mass is 372 g/mol. The molecule has 0 spiro atoms. The largest absolute Gasteiger partial charge is 0.466 e. The van der Waals surface area contributed by atoms with E-state index in [0.717, 1.165) is 22.0 Å². The minimum absolute atomic E-state index is 0.401. The lowest BCUT2D eigenvalue weighted by Crippen LogP contribution is -2.47. The van der Waals surface area contributed by atoms with Crippen molar-refractivity contribution in [3.8, 4) is 0 Å². The maximum absolute atomic E-state index is 12.1. The molecule has 0 bridgehead atoms. The third-order valence-corrected chi connectivity index (χ3v) is 3.91. The van der Waals surface area contributed by atoms with Crippen LogP contribution in [0.25, 0.3) is 17.0 Å². The van der Waals surface area contributed by atoms with Crippen LogP contribution in [0.4, 0.5) is 4.79 Å². The Kier molecular flexibility index (Phi) is 5.98. The van der Waals surface area contributed by atoms with Gasteiger partial charge in [-0.05, 0) is 58.2 Å². The highest BCUT2D eigenvalue weighted by Crippen LogP contribution is 2.26. The average Bonchev–Trinajstić information content (AvgIpc) is 2.93. The number of fused-ring (bicyclic) bond motifs is 1. The van der Waals surface area contributed by atoms with Gasteiger partial charge >= 0.3 is 12.1 Å². The Morgan fingerprint density at radius 3 is 2.52 bits per heavy atom. The molecule has 2 aromatic rings. The molecule has 1 aromatic heterocycles. The van der Waals surface area contributed by atoms with Gasteiger partial charge < -0.3 is 19.8 Å². The second-order valence-corrected chi connectivity index (χ2v) is 8.13. The second-order valence-electron chi connectivity index (χ2n) is 8.13. The van der Waals surface area contributed by atoms with Gasteiger partial charge in [0.15, 0.2) is 0 Å². The summed E-state index contributed by atoms with van der Waals surface area (Å²) in [7, 11) is 1.35. The fourth-order valence-electron chi connectivity index (χ4n) is 2.85. The van der Waals surface area contributed by atoms with Gasteiger partial charge in [0.2, 0.25) is 0 Å². The van der Waals surface area contributed by atoms with E-state index < -0.39 is 23.2 Å². The van der Waals surface area contributed by atoms with Gasteiger partial charge in [0, 0.05) is 23.2 Å². The van der Waals surface area contributed by atoms with E-state index in [1.165, 1.54) is 13.2 Å². The van der Waals surface area contributed by atoms with Crippen LogP contribution in [0, 0.1) is 0 Å². The number of methoxy groups -OCH3 is 1.